The van der Waals surface area contributed by atoms with Crippen molar-refractivity contribution in [2.45, 2.75) is 37.8 Å². The van der Waals surface area contributed by atoms with Gasteiger partial charge in [-0.05, 0) is 55.3 Å². The van der Waals surface area contributed by atoms with Crippen LogP contribution in [0, 0.1) is 0 Å². The van der Waals surface area contributed by atoms with Crippen molar-refractivity contribution >= 4 is 29.1 Å². The molecule has 0 saturated heterocycles. The fourth-order valence-electron chi connectivity index (χ4n) is 3.81. The number of halogens is 2. The molecule has 31 heavy (non-hydrogen) atoms. The van der Waals surface area contributed by atoms with Crippen molar-refractivity contribution in [3.05, 3.63) is 64.4 Å². The highest BCUT2D eigenvalue weighted by atomic mass is 35.5. The Morgan fingerprint density at radius 2 is 1.90 bits per heavy atom. The molecule has 2 unspecified atom stereocenters. The Morgan fingerprint density at radius 1 is 1.16 bits per heavy atom. The lowest BCUT2D eigenvalue weighted by Gasteiger charge is -2.27. The van der Waals surface area contributed by atoms with Gasteiger partial charge in [0.25, 0.3) is 5.91 Å². The molecule has 0 radical (unpaired) electrons. The molecule has 6 nitrogen and oxygen atoms in total. The van der Waals surface area contributed by atoms with Gasteiger partial charge in [0.05, 0.1) is 24.3 Å². The monoisotopic (exact) mass is 459 g/mol. The van der Waals surface area contributed by atoms with Gasteiger partial charge in [0.2, 0.25) is 0 Å². The molecule has 0 spiro atoms. The summed E-state index contributed by atoms with van der Waals surface area (Å²) in [5, 5.41) is 14.1. The van der Waals surface area contributed by atoms with Gasteiger partial charge in [-0.15, -0.1) is 0 Å². The van der Waals surface area contributed by atoms with Crippen LogP contribution in [0.1, 0.15) is 36.2 Å². The van der Waals surface area contributed by atoms with E-state index in [-0.39, 0.29) is 17.6 Å². The third-order valence-electron chi connectivity index (χ3n) is 5.51. The van der Waals surface area contributed by atoms with E-state index in [9.17, 15) is 9.90 Å². The molecule has 2 atom stereocenters. The highest BCUT2D eigenvalue weighted by Gasteiger charge is 2.26. The number of rotatable bonds is 5. The second-order valence-electron chi connectivity index (χ2n) is 7.57. The number of amides is 1. The lowest BCUT2D eigenvalue weighted by atomic mass is 9.92. The van der Waals surface area contributed by atoms with Crippen LogP contribution in [0.25, 0.3) is 17.1 Å². The van der Waals surface area contributed by atoms with Crippen LogP contribution in [-0.4, -0.2) is 39.8 Å². The fraction of sp³-hybridized carbons (Fsp3) is 0.304. The van der Waals surface area contributed by atoms with Crippen LogP contribution in [-0.2, 0) is 0 Å². The van der Waals surface area contributed by atoms with E-state index in [4.69, 9.17) is 27.9 Å². The molecule has 0 bridgehead atoms. The maximum atomic E-state index is 13.0. The summed E-state index contributed by atoms with van der Waals surface area (Å²) in [6.45, 7) is 0. The van der Waals surface area contributed by atoms with Crippen molar-refractivity contribution in [2.75, 3.05) is 7.11 Å². The number of ether oxygens (including phenoxy) is 1. The predicted octanol–water partition coefficient (Wildman–Crippen LogP) is 4.89. The topological polar surface area (TPSA) is 76.4 Å². The van der Waals surface area contributed by atoms with Crippen molar-refractivity contribution in [1.82, 2.24) is 14.9 Å². The normalized spacial score (nSPS) is 18.6. The molecule has 1 aromatic heterocycles. The van der Waals surface area contributed by atoms with Gasteiger partial charge in [-0.2, -0.15) is 0 Å². The van der Waals surface area contributed by atoms with Crippen molar-refractivity contribution in [2.24, 2.45) is 0 Å². The molecular formula is C23H23Cl2N3O3. The average Bonchev–Trinajstić information content (AvgIpc) is 3.20. The van der Waals surface area contributed by atoms with Gasteiger partial charge in [-0.1, -0.05) is 36.0 Å². The molecule has 4 rings (SSSR count). The van der Waals surface area contributed by atoms with Crippen LogP contribution >= 0.6 is 23.2 Å². The Hall–Kier alpha value is -2.54. The molecule has 1 aliphatic rings. The molecule has 162 valence electrons. The van der Waals surface area contributed by atoms with E-state index in [0.717, 1.165) is 30.7 Å². The van der Waals surface area contributed by atoms with E-state index in [1.54, 1.807) is 36.1 Å². The standard InChI is InChI=1S/C23H23Cl2N3O3/c1-31-16-9-7-15(8-10-16)28-13-20(23(30)27-19-4-2-3-5-21(19)29)26-22(28)17-11-6-14(24)12-18(17)25/h6-13,19,21,29H,2-5H2,1H3,(H,27,30). The number of imidazole rings is 1. The number of carbonyl (C=O) groups excluding carboxylic acids is 1. The van der Waals surface area contributed by atoms with Gasteiger partial charge in [-0.25, -0.2) is 4.98 Å². The second kappa shape index (κ2) is 9.30. The Morgan fingerprint density at radius 3 is 2.58 bits per heavy atom. The Balaban J connectivity index is 1.73. The van der Waals surface area contributed by atoms with Crippen LogP contribution < -0.4 is 10.1 Å². The number of methoxy groups -OCH3 is 1. The van der Waals surface area contributed by atoms with Gasteiger partial charge in [-0.3, -0.25) is 9.36 Å². The lowest BCUT2D eigenvalue weighted by molar-refractivity contribution is 0.0714. The minimum absolute atomic E-state index is 0.245. The highest BCUT2D eigenvalue weighted by Crippen LogP contribution is 2.32. The largest absolute Gasteiger partial charge is 0.497 e. The number of hydrogen-bond donors (Lipinski definition) is 2. The van der Waals surface area contributed by atoms with Crippen LogP contribution in [0.5, 0.6) is 5.75 Å². The molecule has 1 aliphatic carbocycles. The summed E-state index contributed by atoms with van der Waals surface area (Å²) in [7, 11) is 1.60. The van der Waals surface area contributed by atoms with Crippen LogP contribution in [0.2, 0.25) is 10.0 Å². The zero-order chi connectivity index (χ0) is 22.0. The molecule has 8 heteroatoms. The number of hydrogen-bond acceptors (Lipinski definition) is 4. The zero-order valence-corrected chi connectivity index (χ0v) is 18.5. The van der Waals surface area contributed by atoms with E-state index in [0.29, 0.717) is 27.9 Å². The highest BCUT2D eigenvalue weighted by molar-refractivity contribution is 6.36. The number of benzene rings is 2. The molecular weight excluding hydrogens is 437 g/mol. The van der Waals surface area contributed by atoms with Gasteiger partial charge < -0.3 is 15.2 Å². The molecule has 1 heterocycles. The van der Waals surface area contributed by atoms with Crippen molar-refractivity contribution < 1.29 is 14.6 Å². The maximum absolute atomic E-state index is 13.0. The smallest absolute Gasteiger partial charge is 0.271 e. The van der Waals surface area contributed by atoms with Gasteiger partial charge in [0.1, 0.15) is 17.3 Å². The summed E-state index contributed by atoms with van der Waals surface area (Å²) >= 11 is 12.5. The first-order valence-corrected chi connectivity index (χ1v) is 10.9. The number of nitrogens with zero attached hydrogens (tertiary/aromatic N) is 2. The quantitative estimate of drug-likeness (QED) is 0.569. The zero-order valence-electron chi connectivity index (χ0n) is 17.0. The number of aromatic nitrogens is 2. The molecule has 1 saturated carbocycles. The molecule has 0 aliphatic heterocycles. The first kappa shape index (κ1) is 21.7. The second-order valence-corrected chi connectivity index (χ2v) is 8.42. The summed E-state index contributed by atoms with van der Waals surface area (Å²) in [6.07, 6.45) is 4.53. The summed E-state index contributed by atoms with van der Waals surface area (Å²) in [5.74, 6) is 0.907. The first-order valence-electron chi connectivity index (χ1n) is 10.1. The summed E-state index contributed by atoms with van der Waals surface area (Å²) in [4.78, 5) is 17.5. The van der Waals surface area contributed by atoms with Gasteiger partial charge >= 0.3 is 0 Å². The number of aliphatic hydroxyl groups excluding tert-OH is 1. The SMILES string of the molecule is COc1ccc(-n2cc(C(=O)NC3CCCCC3O)nc2-c2ccc(Cl)cc2Cl)cc1. The van der Waals surface area contributed by atoms with Crippen LogP contribution in [0.3, 0.4) is 0 Å². The minimum Gasteiger partial charge on any atom is -0.497 e. The first-order chi connectivity index (χ1) is 15.0. The number of nitrogens with one attached hydrogen (secondary N) is 1. The molecule has 2 aromatic carbocycles. The van der Waals surface area contributed by atoms with E-state index in [1.807, 2.05) is 24.3 Å². The molecule has 3 aromatic rings. The Labute approximate surface area is 190 Å². The summed E-state index contributed by atoms with van der Waals surface area (Å²) in [6, 6.07) is 12.3. The summed E-state index contributed by atoms with van der Waals surface area (Å²) in [5.41, 5.74) is 1.69. The van der Waals surface area contributed by atoms with Crippen molar-refractivity contribution in [3.8, 4) is 22.8 Å². The average molecular weight is 460 g/mol. The maximum Gasteiger partial charge on any atom is 0.271 e. The molecule has 1 fully saturated rings. The Kier molecular flexibility index (Phi) is 6.51. The van der Waals surface area contributed by atoms with E-state index >= 15 is 0 Å². The fourth-order valence-corrected chi connectivity index (χ4v) is 4.31. The number of aliphatic hydroxyl groups is 1. The minimum atomic E-state index is -0.536. The molecule has 2 N–H and O–H groups in total. The van der Waals surface area contributed by atoms with Crippen molar-refractivity contribution in [1.29, 1.82) is 0 Å². The van der Waals surface area contributed by atoms with E-state index in [1.165, 1.54) is 0 Å². The number of carbonyl (C=O) groups is 1. The predicted molar refractivity (Wildman–Crippen MR) is 121 cm³/mol. The van der Waals surface area contributed by atoms with Crippen molar-refractivity contribution in [3.63, 3.8) is 0 Å². The van der Waals surface area contributed by atoms with E-state index < -0.39 is 6.10 Å². The Bertz CT molecular complexity index is 1080. The van der Waals surface area contributed by atoms with E-state index in [2.05, 4.69) is 10.3 Å². The third kappa shape index (κ3) is 4.71. The lowest BCUT2D eigenvalue weighted by Crippen LogP contribution is -2.45. The van der Waals surface area contributed by atoms with Crippen LogP contribution in [0.4, 0.5) is 0 Å². The van der Waals surface area contributed by atoms with Gasteiger partial charge in [0, 0.05) is 22.5 Å². The van der Waals surface area contributed by atoms with Crippen LogP contribution in [0.15, 0.2) is 48.7 Å². The summed E-state index contributed by atoms with van der Waals surface area (Å²) < 4.78 is 7.05. The third-order valence-corrected chi connectivity index (χ3v) is 6.05. The van der Waals surface area contributed by atoms with Gasteiger partial charge in [0.15, 0.2) is 0 Å². The molecule has 1 amide bonds.